The number of fused-ring (bicyclic) bond motifs is 1. The number of aromatic hydroxyl groups is 1. The minimum atomic E-state index is -0.335. The van der Waals surface area contributed by atoms with Gasteiger partial charge in [0, 0.05) is 12.6 Å². The number of thiazole rings is 1. The summed E-state index contributed by atoms with van der Waals surface area (Å²) < 4.78 is 14.5. The molecule has 0 aliphatic heterocycles. The Hall–Kier alpha value is -2.58. The summed E-state index contributed by atoms with van der Waals surface area (Å²) in [6.45, 7) is 0. The van der Waals surface area contributed by atoms with E-state index in [0.717, 1.165) is 10.2 Å². The van der Waals surface area contributed by atoms with Gasteiger partial charge in [-0.3, -0.25) is 0 Å². The molecular formula is C16H11FN2OS. The van der Waals surface area contributed by atoms with E-state index in [1.807, 2.05) is 0 Å². The van der Waals surface area contributed by atoms with Crippen LogP contribution >= 0.6 is 11.3 Å². The van der Waals surface area contributed by atoms with Crippen molar-refractivity contribution in [2.75, 3.05) is 12.4 Å². The van der Waals surface area contributed by atoms with Gasteiger partial charge in [0.2, 0.25) is 0 Å². The van der Waals surface area contributed by atoms with Crippen molar-refractivity contribution in [3.05, 3.63) is 52.8 Å². The van der Waals surface area contributed by atoms with Crippen molar-refractivity contribution >= 4 is 27.2 Å². The van der Waals surface area contributed by atoms with E-state index in [2.05, 4.69) is 22.1 Å². The molecule has 0 aliphatic rings. The van der Waals surface area contributed by atoms with Crippen LogP contribution in [0.15, 0.2) is 36.4 Å². The maximum absolute atomic E-state index is 13.6. The molecule has 2 N–H and O–H groups in total. The van der Waals surface area contributed by atoms with Crippen molar-refractivity contribution in [3.8, 4) is 17.6 Å². The molecule has 104 valence electrons. The molecule has 0 fully saturated rings. The molecule has 3 rings (SSSR count). The Morgan fingerprint density at radius 2 is 2.05 bits per heavy atom. The molecular weight excluding hydrogens is 286 g/mol. The fourth-order valence-corrected chi connectivity index (χ4v) is 2.74. The lowest BCUT2D eigenvalue weighted by Crippen LogP contribution is -1.92. The van der Waals surface area contributed by atoms with Gasteiger partial charge in [-0.05, 0) is 42.3 Å². The summed E-state index contributed by atoms with van der Waals surface area (Å²) in [5, 5.41) is 12.8. The van der Waals surface area contributed by atoms with Crippen molar-refractivity contribution in [2.45, 2.75) is 0 Å². The quantitative estimate of drug-likeness (QED) is 0.675. The van der Waals surface area contributed by atoms with E-state index in [9.17, 15) is 9.50 Å². The first-order valence-corrected chi connectivity index (χ1v) is 7.06. The fraction of sp³-hybridized carbons (Fsp3) is 0.0625. The summed E-state index contributed by atoms with van der Waals surface area (Å²) in [4.78, 5) is 4.35. The first-order valence-electron chi connectivity index (χ1n) is 6.24. The summed E-state index contributed by atoms with van der Waals surface area (Å²) in [7, 11) is 1.67. The molecule has 0 saturated heterocycles. The molecule has 0 amide bonds. The molecule has 0 bridgehead atoms. The number of halogens is 1. The van der Waals surface area contributed by atoms with Crippen LogP contribution in [0.2, 0.25) is 0 Å². The Morgan fingerprint density at radius 1 is 1.19 bits per heavy atom. The minimum Gasteiger partial charge on any atom is -0.508 e. The Balaban J connectivity index is 1.93. The lowest BCUT2D eigenvalue weighted by atomic mass is 10.2. The lowest BCUT2D eigenvalue weighted by molar-refractivity contribution is 0.476. The second-order valence-corrected chi connectivity index (χ2v) is 5.40. The number of nitrogens with zero attached hydrogens (tertiary/aromatic N) is 1. The zero-order valence-corrected chi connectivity index (χ0v) is 12.0. The highest BCUT2D eigenvalue weighted by Gasteiger charge is 2.03. The number of rotatable bonds is 1. The van der Waals surface area contributed by atoms with Gasteiger partial charge >= 0.3 is 0 Å². The number of phenolic OH excluding ortho intramolecular Hbond substituents is 1. The standard InChI is InChI=1S/C16H11FN2OS/c1-18-13-5-2-10(8-12(13)17)3-7-16-19-14-6-4-11(20)9-15(14)21-16/h2,4-6,8-9,18,20H,1H3/i17-1. The Morgan fingerprint density at radius 3 is 2.81 bits per heavy atom. The number of nitrogens with one attached hydrogen (secondary N) is 1. The second-order valence-electron chi connectivity index (χ2n) is 4.37. The molecule has 0 aliphatic carbocycles. The van der Waals surface area contributed by atoms with Gasteiger partial charge in [0.15, 0.2) is 5.01 Å². The Kier molecular flexibility index (Phi) is 3.46. The number of benzene rings is 2. The fourth-order valence-electron chi connectivity index (χ4n) is 1.89. The summed E-state index contributed by atoms with van der Waals surface area (Å²) in [5.41, 5.74) is 1.82. The van der Waals surface area contributed by atoms with Gasteiger partial charge in [-0.2, -0.15) is 0 Å². The highest BCUT2D eigenvalue weighted by molar-refractivity contribution is 7.19. The third kappa shape index (κ3) is 2.81. The third-order valence-corrected chi connectivity index (χ3v) is 3.86. The van der Waals surface area contributed by atoms with Gasteiger partial charge in [-0.25, -0.2) is 9.37 Å². The van der Waals surface area contributed by atoms with Gasteiger partial charge < -0.3 is 10.4 Å². The van der Waals surface area contributed by atoms with Gasteiger partial charge in [-0.1, -0.05) is 5.92 Å². The van der Waals surface area contributed by atoms with Gasteiger partial charge in [-0.15, -0.1) is 11.3 Å². The highest BCUT2D eigenvalue weighted by Crippen LogP contribution is 2.25. The molecule has 0 atom stereocenters. The molecule has 0 unspecified atom stereocenters. The van der Waals surface area contributed by atoms with Crippen LogP contribution in [0.3, 0.4) is 0 Å². The third-order valence-electron chi connectivity index (χ3n) is 2.92. The molecule has 0 spiro atoms. The van der Waals surface area contributed by atoms with E-state index in [-0.39, 0.29) is 11.6 Å². The van der Waals surface area contributed by atoms with Crippen molar-refractivity contribution in [2.24, 2.45) is 0 Å². The van der Waals surface area contributed by atoms with Crippen molar-refractivity contribution < 1.29 is 9.50 Å². The lowest BCUT2D eigenvalue weighted by Gasteiger charge is -2.00. The normalized spacial score (nSPS) is 10.2. The Labute approximate surface area is 125 Å². The average molecular weight is 297 g/mol. The summed E-state index contributed by atoms with van der Waals surface area (Å²) in [6, 6.07) is 9.77. The molecule has 0 saturated carbocycles. The first kappa shape index (κ1) is 13.4. The van der Waals surface area contributed by atoms with E-state index in [1.54, 1.807) is 37.4 Å². The number of hydrogen-bond donors (Lipinski definition) is 2. The van der Waals surface area contributed by atoms with Crippen LogP contribution in [0.4, 0.5) is 10.1 Å². The summed E-state index contributed by atoms with van der Waals surface area (Å²) in [5.74, 6) is 5.69. The van der Waals surface area contributed by atoms with Crippen LogP contribution in [0.5, 0.6) is 5.75 Å². The summed E-state index contributed by atoms with van der Waals surface area (Å²) >= 11 is 1.39. The SMILES string of the molecule is CNc1ccc(C#Cc2nc3ccc(O)cc3s2)cc1[18F]. The maximum Gasteiger partial charge on any atom is 0.168 e. The van der Waals surface area contributed by atoms with E-state index < -0.39 is 0 Å². The zero-order chi connectivity index (χ0) is 14.8. The molecule has 1 aromatic heterocycles. The van der Waals surface area contributed by atoms with E-state index in [4.69, 9.17) is 0 Å². The number of hydrogen-bond acceptors (Lipinski definition) is 4. The van der Waals surface area contributed by atoms with Crippen LogP contribution < -0.4 is 5.32 Å². The second kappa shape index (κ2) is 5.43. The van der Waals surface area contributed by atoms with Crippen molar-refractivity contribution in [1.29, 1.82) is 0 Å². The molecule has 21 heavy (non-hydrogen) atoms. The molecule has 1 heterocycles. The largest absolute Gasteiger partial charge is 0.508 e. The molecule has 0 radical (unpaired) electrons. The van der Waals surface area contributed by atoms with Crippen LogP contribution in [-0.4, -0.2) is 17.1 Å². The molecule has 5 heteroatoms. The molecule has 3 aromatic rings. The van der Waals surface area contributed by atoms with E-state index >= 15 is 0 Å². The maximum atomic E-state index is 13.6. The van der Waals surface area contributed by atoms with Gasteiger partial charge in [0.05, 0.1) is 15.9 Å². The number of anilines is 1. The van der Waals surface area contributed by atoms with Crippen molar-refractivity contribution in [1.82, 2.24) is 4.98 Å². The Bertz CT molecular complexity index is 877. The minimum absolute atomic E-state index is 0.204. The van der Waals surface area contributed by atoms with Gasteiger partial charge in [0.1, 0.15) is 11.6 Å². The van der Waals surface area contributed by atoms with E-state index in [0.29, 0.717) is 16.3 Å². The molecule has 3 nitrogen and oxygen atoms in total. The van der Waals surface area contributed by atoms with Crippen LogP contribution in [0, 0.1) is 17.7 Å². The van der Waals surface area contributed by atoms with E-state index in [1.165, 1.54) is 17.4 Å². The topological polar surface area (TPSA) is 45.2 Å². The average Bonchev–Trinajstić information content (AvgIpc) is 2.87. The first-order chi connectivity index (χ1) is 10.2. The van der Waals surface area contributed by atoms with Crippen LogP contribution in [0.25, 0.3) is 10.2 Å². The molecule has 2 aromatic carbocycles. The summed E-state index contributed by atoms with van der Waals surface area (Å²) in [6.07, 6.45) is 0. The van der Waals surface area contributed by atoms with Gasteiger partial charge in [0.25, 0.3) is 0 Å². The monoisotopic (exact) mass is 297 g/mol. The van der Waals surface area contributed by atoms with Crippen LogP contribution in [-0.2, 0) is 0 Å². The zero-order valence-electron chi connectivity index (χ0n) is 11.1. The highest BCUT2D eigenvalue weighted by atomic mass is 32.1. The van der Waals surface area contributed by atoms with Crippen molar-refractivity contribution in [3.63, 3.8) is 0 Å². The number of phenols is 1. The number of aromatic nitrogens is 1. The predicted molar refractivity (Wildman–Crippen MR) is 83.2 cm³/mol. The predicted octanol–water partition coefficient (Wildman–Crippen LogP) is 3.58. The van der Waals surface area contributed by atoms with Crippen LogP contribution in [0.1, 0.15) is 10.6 Å². The smallest absolute Gasteiger partial charge is 0.168 e.